The number of nitrogens with zero attached hydrogens (tertiary/aromatic N) is 2. The van der Waals surface area contributed by atoms with Crippen LogP contribution in [0.1, 0.15) is 19.2 Å². The van der Waals surface area contributed by atoms with Crippen LogP contribution in [-0.4, -0.2) is 20.9 Å². The van der Waals surface area contributed by atoms with Crippen LogP contribution in [0.4, 0.5) is 11.4 Å². The summed E-state index contributed by atoms with van der Waals surface area (Å²) in [7, 11) is 0. The molecule has 0 radical (unpaired) electrons. The van der Waals surface area contributed by atoms with Gasteiger partial charge in [0.25, 0.3) is 5.12 Å². The van der Waals surface area contributed by atoms with E-state index in [-0.39, 0.29) is 19.8 Å². The average Bonchev–Trinajstić information content (AvgIpc) is 3.42. The number of thiophene rings is 1. The van der Waals surface area contributed by atoms with Crippen LogP contribution in [0.2, 0.25) is 0 Å². The number of nitrogen functional groups attached to an aromatic ring is 2. The first-order valence-electron chi connectivity index (χ1n) is 11.2. The first kappa shape index (κ1) is 28.7. The smallest absolute Gasteiger partial charge is 0.264 e. The molecule has 4 aromatic carbocycles. The van der Waals surface area contributed by atoms with Crippen molar-refractivity contribution in [2.45, 2.75) is 12.3 Å². The van der Waals surface area contributed by atoms with E-state index in [9.17, 15) is 9.59 Å². The monoisotopic (exact) mass is 683 g/mol. The van der Waals surface area contributed by atoms with Crippen LogP contribution in [0.25, 0.3) is 31.5 Å². The number of carbonyl (C=O) groups excluding carboxylic acids is 2. The number of hydrogen-bond donors (Lipinski definition) is 2. The highest BCUT2D eigenvalue weighted by atomic mass is 79.9. The first-order chi connectivity index (χ1) is 18.3. The SMILES string of the molecule is Brc1ccc2nc3c(nc2c1)sc1ccccc13.C.Nc1ccc(Br)cc1N.O=C1Sc2ccccc2C1=O.[2HH]. The summed E-state index contributed by atoms with van der Waals surface area (Å²) in [5.74, 6) is -0.370. The van der Waals surface area contributed by atoms with Gasteiger partial charge in [-0.2, -0.15) is 0 Å². The zero-order chi connectivity index (χ0) is 26.8. The number of Topliss-reactive ketones (excluding diaryl/α,β-unsaturated/α-hetero) is 1. The van der Waals surface area contributed by atoms with E-state index in [1.165, 1.54) is 10.1 Å². The Labute approximate surface area is 251 Å². The number of rotatable bonds is 0. The summed E-state index contributed by atoms with van der Waals surface area (Å²) in [6, 6.07) is 26.7. The second-order valence-corrected chi connectivity index (χ2v) is 12.0. The van der Waals surface area contributed by atoms with Crippen molar-refractivity contribution in [3.05, 3.63) is 99.4 Å². The van der Waals surface area contributed by atoms with Gasteiger partial charge in [0.2, 0.25) is 5.78 Å². The normalized spacial score (nSPS) is 11.8. The summed E-state index contributed by atoms with van der Waals surface area (Å²) < 4.78 is 3.22. The highest BCUT2D eigenvalue weighted by Crippen LogP contribution is 2.33. The zero-order valence-corrected chi connectivity index (χ0v) is 24.3. The van der Waals surface area contributed by atoms with Gasteiger partial charge in [0.1, 0.15) is 10.3 Å². The Bertz CT molecular complexity index is 1860. The molecule has 6 aromatic rings. The molecule has 2 aromatic heterocycles. The van der Waals surface area contributed by atoms with E-state index in [0.29, 0.717) is 16.9 Å². The highest BCUT2D eigenvalue weighted by Gasteiger charge is 2.28. The molecule has 0 amide bonds. The Hall–Kier alpha value is -3.31. The third kappa shape index (κ3) is 6.30. The summed E-state index contributed by atoms with van der Waals surface area (Å²) in [5, 5.41) is 0.820. The molecule has 10 heteroatoms. The van der Waals surface area contributed by atoms with E-state index < -0.39 is 0 Å². The van der Waals surface area contributed by atoms with Crippen molar-refractivity contribution < 1.29 is 11.0 Å². The summed E-state index contributed by atoms with van der Waals surface area (Å²) in [6.07, 6.45) is 0. The van der Waals surface area contributed by atoms with Gasteiger partial charge < -0.3 is 11.5 Å². The van der Waals surface area contributed by atoms with Gasteiger partial charge >= 0.3 is 0 Å². The molecule has 0 saturated heterocycles. The predicted octanol–water partition coefficient (Wildman–Crippen LogP) is 8.76. The number of carbonyl (C=O) groups is 2. The standard InChI is InChI=1S/C14H7BrN2S.C8H4O2S.C6H7BrN2.CH4.H2/c15-8-5-6-10-11(7-8)17-14-13(16-10)9-3-1-2-4-12(9)18-14;9-7-5-3-1-2-4-6(5)11-8(7)10;7-4-1-2-5(8)6(9)3-4;;/h1-7H;1-4H;1-3H,8-9H2;1H4;1H/i;;;;1+1. The summed E-state index contributed by atoms with van der Waals surface area (Å²) >= 11 is 9.43. The van der Waals surface area contributed by atoms with Crippen molar-refractivity contribution in [1.29, 1.82) is 0 Å². The Morgan fingerprint density at radius 2 is 1.44 bits per heavy atom. The number of benzene rings is 4. The topological polar surface area (TPSA) is 112 Å². The fourth-order valence-electron chi connectivity index (χ4n) is 3.66. The van der Waals surface area contributed by atoms with Crippen LogP contribution in [0.5, 0.6) is 0 Å². The summed E-state index contributed by atoms with van der Waals surface area (Å²) in [5.41, 5.74) is 15.6. The number of halogens is 2. The fourth-order valence-corrected chi connectivity index (χ4v) is 6.23. The molecule has 0 bridgehead atoms. The molecule has 0 aliphatic carbocycles. The molecule has 3 heterocycles. The van der Waals surface area contributed by atoms with Crippen molar-refractivity contribution in [3.8, 4) is 0 Å². The van der Waals surface area contributed by atoms with E-state index in [2.05, 4.69) is 44.0 Å². The van der Waals surface area contributed by atoms with Gasteiger partial charge in [-0.1, -0.05) is 69.6 Å². The molecule has 0 unspecified atom stereocenters. The fraction of sp³-hybridized carbons (Fsp3) is 0.0345. The van der Waals surface area contributed by atoms with Crippen molar-refractivity contribution in [1.82, 2.24) is 9.97 Å². The Kier molecular flexibility index (Phi) is 9.01. The lowest BCUT2D eigenvalue weighted by Gasteiger charge is -1.97. The van der Waals surface area contributed by atoms with Crippen LogP contribution in [-0.2, 0) is 4.79 Å². The van der Waals surface area contributed by atoms with E-state index in [4.69, 9.17) is 21.4 Å². The minimum atomic E-state index is -0.370. The number of ketones is 1. The lowest BCUT2D eigenvalue weighted by Crippen LogP contribution is -2.01. The molecule has 1 aliphatic rings. The second kappa shape index (κ2) is 12.3. The van der Waals surface area contributed by atoms with E-state index in [0.717, 1.165) is 47.0 Å². The van der Waals surface area contributed by atoms with Gasteiger partial charge in [0.15, 0.2) is 0 Å². The van der Waals surface area contributed by atoms with Crippen LogP contribution < -0.4 is 11.5 Å². The van der Waals surface area contributed by atoms with Gasteiger partial charge in [-0.05, 0) is 66.4 Å². The van der Waals surface area contributed by atoms with Gasteiger partial charge in [0.05, 0.1) is 22.4 Å². The molecule has 7 rings (SSSR count). The van der Waals surface area contributed by atoms with Gasteiger partial charge in [0, 0.05) is 30.9 Å². The number of anilines is 2. The minimum absolute atomic E-state index is 0. The van der Waals surface area contributed by atoms with Crippen LogP contribution >= 0.6 is 55.0 Å². The maximum atomic E-state index is 11.0. The van der Waals surface area contributed by atoms with Crippen molar-refractivity contribution in [2.24, 2.45) is 0 Å². The first-order valence-corrected chi connectivity index (χ1v) is 14.4. The lowest BCUT2D eigenvalue weighted by atomic mass is 10.1. The molecular formula is C29H24Br2N4O2S2. The molecule has 39 heavy (non-hydrogen) atoms. The van der Waals surface area contributed by atoms with Gasteiger partial charge in [-0.3, -0.25) is 9.59 Å². The number of nitrogens with two attached hydrogens (primary N) is 2. The molecule has 0 saturated carbocycles. The quantitative estimate of drug-likeness (QED) is 0.122. The molecule has 0 spiro atoms. The predicted molar refractivity (Wildman–Crippen MR) is 174 cm³/mol. The molecule has 0 fully saturated rings. The molecule has 198 valence electrons. The number of fused-ring (bicyclic) bond motifs is 5. The molecule has 4 N–H and O–H groups in total. The second-order valence-electron chi connectivity index (χ2n) is 8.10. The highest BCUT2D eigenvalue weighted by molar-refractivity contribution is 9.10. The van der Waals surface area contributed by atoms with E-state index in [1.807, 2.05) is 42.5 Å². The zero-order valence-electron chi connectivity index (χ0n) is 19.5. The third-order valence-electron chi connectivity index (χ3n) is 5.51. The lowest BCUT2D eigenvalue weighted by molar-refractivity contribution is -0.107. The molecular weight excluding hydrogens is 660 g/mol. The number of hydrogen-bond acceptors (Lipinski definition) is 8. The summed E-state index contributed by atoms with van der Waals surface area (Å²) in [4.78, 5) is 33.1. The van der Waals surface area contributed by atoms with E-state index in [1.54, 1.807) is 41.7 Å². The molecule has 0 atom stereocenters. The van der Waals surface area contributed by atoms with Gasteiger partial charge in [-0.15, -0.1) is 11.3 Å². The number of thioether (sulfide) groups is 1. The molecule has 6 nitrogen and oxygen atoms in total. The van der Waals surface area contributed by atoms with Crippen LogP contribution in [0.3, 0.4) is 0 Å². The maximum Gasteiger partial charge on any atom is 0.264 e. The average molecular weight is 685 g/mol. The molecule has 1 aliphatic heterocycles. The van der Waals surface area contributed by atoms with Crippen LogP contribution in [0, 0.1) is 0 Å². The minimum Gasteiger partial charge on any atom is -0.397 e. The number of aromatic nitrogens is 2. The summed E-state index contributed by atoms with van der Waals surface area (Å²) in [6.45, 7) is 0. The Morgan fingerprint density at radius 1 is 0.744 bits per heavy atom. The van der Waals surface area contributed by atoms with Crippen molar-refractivity contribution >= 4 is 109 Å². The van der Waals surface area contributed by atoms with E-state index >= 15 is 0 Å². The van der Waals surface area contributed by atoms with Gasteiger partial charge in [-0.25, -0.2) is 9.97 Å². The Balaban J connectivity index is 0.000000174. The maximum absolute atomic E-state index is 11.0. The van der Waals surface area contributed by atoms with Crippen molar-refractivity contribution in [3.63, 3.8) is 0 Å². The van der Waals surface area contributed by atoms with Crippen molar-refractivity contribution in [2.75, 3.05) is 11.5 Å². The Morgan fingerprint density at radius 3 is 2.18 bits per heavy atom. The third-order valence-corrected chi connectivity index (χ3v) is 8.50. The largest absolute Gasteiger partial charge is 0.397 e. The van der Waals surface area contributed by atoms with Crippen LogP contribution in [0.15, 0.2) is 98.8 Å².